The second-order valence-corrected chi connectivity index (χ2v) is 5.07. The van der Waals surface area contributed by atoms with Crippen molar-refractivity contribution in [3.05, 3.63) is 12.2 Å². The van der Waals surface area contributed by atoms with Crippen LogP contribution in [-0.2, 0) is 19.1 Å². The van der Waals surface area contributed by atoms with Crippen molar-refractivity contribution in [2.45, 2.75) is 45.6 Å². The molecule has 0 aliphatic heterocycles. The van der Waals surface area contributed by atoms with Gasteiger partial charge in [-0.05, 0) is 37.5 Å². The third-order valence-electron chi connectivity index (χ3n) is 3.50. The molecule has 0 spiro atoms. The van der Waals surface area contributed by atoms with Gasteiger partial charge in [-0.15, -0.1) is 0 Å². The highest BCUT2D eigenvalue weighted by Crippen LogP contribution is 2.31. The maximum Gasteiger partial charge on any atom is 0.331 e. The Morgan fingerprint density at radius 1 is 1.06 bits per heavy atom. The van der Waals surface area contributed by atoms with Crippen molar-refractivity contribution in [1.82, 2.24) is 0 Å². The number of hydrogen-bond donors (Lipinski definition) is 0. The van der Waals surface area contributed by atoms with E-state index in [2.05, 4.69) is 18.6 Å². The van der Waals surface area contributed by atoms with Crippen LogP contribution in [0.4, 0.5) is 0 Å². The first-order valence-electron chi connectivity index (χ1n) is 6.49. The van der Waals surface area contributed by atoms with Gasteiger partial charge in [-0.25, -0.2) is 9.59 Å². The maximum atomic E-state index is 11.4. The SMILES string of the molecule is COC(=O)/C=C/C(=O)OC1CCC(C(C)C)CC1. The molecule has 0 saturated heterocycles. The summed E-state index contributed by atoms with van der Waals surface area (Å²) < 4.78 is 9.68. The minimum absolute atomic E-state index is 0.00482. The van der Waals surface area contributed by atoms with Crippen molar-refractivity contribution >= 4 is 11.9 Å². The van der Waals surface area contributed by atoms with Crippen molar-refractivity contribution in [1.29, 1.82) is 0 Å². The van der Waals surface area contributed by atoms with Crippen LogP contribution in [-0.4, -0.2) is 25.2 Å². The van der Waals surface area contributed by atoms with Crippen molar-refractivity contribution in [3.63, 3.8) is 0 Å². The highest BCUT2D eigenvalue weighted by atomic mass is 16.5. The van der Waals surface area contributed by atoms with Crippen LogP contribution in [0.3, 0.4) is 0 Å². The predicted molar refractivity (Wildman–Crippen MR) is 67.8 cm³/mol. The van der Waals surface area contributed by atoms with E-state index in [1.165, 1.54) is 7.11 Å². The molecule has 0 heterocycles. The molecule has 0 unspecified atom stereocenters. The lowest BCUT2D eigenvalue weighted by atomic mass is 9.80. The lowest BCUT2D eigenvalue weighted by molar-refractivity contribution is -0.145. The Morgan fingerprint density at radius 2 is 1.61 bits per heavy atom. The molecule has 0 bridgehead atoms. The molecule has 1 rings (SSSR count). The number of ether oxygens (including phenoxy) is 2. The van der Waals surface area contributed by atoms with Gasteiger partial charge in [-0.2, -0.15) is 0 Å². The van der Waals surface area contributed by atoms with Crippen LogP contribution < -0.4 is 0 Å². The summed E-state index contributed by atoms with van der Waals surface area (Å²) in [5.74, 6) is 0.426. The van der Waals surface area contributed by atoms with E-state index in [1.54, 1.807) is 0 Å². The minimum Gasteiger partial charge on any atom is -0.466 e. The normalized spacial score (nSPS) is 24.2. The van der Waals surface area contributed by atoms with E-state index in [1.807, 2.05) is 0 Å². The highest BCUT2D eigenvalue weighted by Gasteiger charge is 2.24. The zero-order valence-electron chi connectivity index (χ0n) is 11.3. The summed E-state index contributed by atoms with van der Waals surface area (Å²) in [6.45, 7) is 4.46. The van der Waals surface area contributed by atoms with E-state index in [9.17, 15) is 9.59 Å². The van der Waals surface area contributed by atoms with Crippen LogP contribution in [0.1, 0.15) is 39.5 Å². The molecule has 0 aromatic heterocycles. The second kappa shape index (κ2) is 7.19. The van der Waals surface area contributed by atoms with Crippen LogP contribution in [0, 0.1) is 11.8 Å². The Bertz CT molecular complexity index is 312. The topological polar surface area (TPSA) is 52.6 Å². The molecule has 0 aromatic carbocycles. The summed E-state index contributed by atoms with van der Waals surface area (Å²) in [5.41, 5.74) is 0. The van der Waals surface area contributed by atoms with E-state index in [0.717, 1.165) is 43.8 Å². The molecule has 102 valence electrons. The number of esters is 2. The summed E-state index contributed by atoms with van der Waals surface area (Å²) >= 11 is 0. The van der Waals surface area contributed by atoms with Gasteiger partial charge in [-0.3, -0.25) is 0 Å². The van der Waals surface area contributed by atoms with Gasteiger partial charge in [0.2, 0.25) is 0 Å². The van der Waals surface area contributed by atoms with Gasteiger partial charge in [0.1, 0.15) is 6.10 Å². The molecule has 4 nitrogen and oxygen atoms in total. The first-order chi connectivity index (χ1) is 8.52. The molecule has 18 heavy (non-hydrogen) atoms. The largest absolute Gasteiger partial charge is 0.466 e. The first-order valence-corrected chi connectivity index (χ1v) is 6.49. The molecule has 1 fully saturated rings. The van der Waals surface area contributed by atoms with E-state index in [0.29, 0.717) is 5.92 Å². The number of carbonyl (C=O) groups excluding carboxylic acids is 2. The van der Waals surface area contributed by atoms with Gasteiger partial charge in [0.15, 0.2) is 0 Å². The van der Waals surface area contributed by atoms with Crippen LogP contribution in [0.2, 0.25) is 0 Å². The van der Waals surface area contributed by atoms with E-state index >= 15 is 0 Å². The molecule has 0 N–H and O–H groups in total. The standard InChI is InChI=1S/C14H22O4/c1-10(2)11-4-6-12(7-5-11)18-14(16)9-8-13(15)17-3/h8-12H,4-7H2,1-3H3/b9-8+. The summed E-state index contributed by atoms with van der Waals surface area (Å²) in [6, 6.07) is 0. The predicted octanol–water partition coefficient (Wildman–Crippen LogP) is 2.47. The fourth-order valence-corrected chi connectivity index (χ4v) is 2.28. The zero-order chi connectivity index (χ0) is 13.5. The molecule has 0 atom stereocenters. The average Bonchev–Trinajstić information content (AvgIpc) is 2.36. The van der Waals surface area contributed by atoms with E-state index < -0.39 is 11.9 Å². The lowest BCUT2D eigenvalue weighted by Gasteiger charge is -2.30. The lowest BCUT2D eigenvalue weighted by Crippen LogP contribution is -2.25. The quantitative estimate of drug-likeness (QED) is 0.571. The molecule has 0 aromatic rings. The molecule has 0 radical (unpaired) electrons. The molecule has 0 amide bonds. The number of hydrogen-bond acceptors (Lipinski definition) is 4. The summed E-state index contributed by atoms with van der Waals surface area (Å²) in [4.78, 5) is 22.2. The van der Waals surface area contributed by atoms with Gasteiger partial charge in [0, 0.05) is 12.2 Å². The number of carbonyl (C=O) groups is 2. The van der Waals surface area contributed by atoms with Crippen molar-refractivity contribution < 1.29 is 19.1 Å². The van der Waals surface area contributed by atoms with Crippen LogP contribution >= 0.6 is 0 Å². The Kier molecular flexibility index (Phi) is 5.89. The summed E-state index contributed by atoms with van der Waals surface area (Å²) in [5, 5.41) is 0. The van der Waals surface area contributed by atoms with Gasteiger partial charge >= 0.3 is 11.9 Å². The molecule has 4 heteroatoms. The molecular formula is C14H22O4. The molecule has 1 aliphatic carbocycles. The molecule has 1 saturated carbocycles. The van der Waals surface area contributed by atoms with Crippen LogP contribution in [0.5, 0.6) is 0 Å². The first kappa shape index (κ1) is 14.7. The van der Waals surface area contributed by atoms with Gasteiger partial charge in [-0.1, -0.05) is 13.8 Å². The minimum atomic E-state index is -0.546. The Balaban J connectivity index is 2.30. The zero-order valence-corrected chi connectivity index (χ0v) is 11.3. The van der Waals surface area contributed by atoms with Gasteiger partial charge in [0.05, 0.1) is 7.11 Å². The monoisotopic (exact) mass is 254 g/mol. The molecular weight excluding hydrogens is 232 g/mol. The van der Waals surface area contributed by atoms with Crippen molar-refractivity contribution in [3.8, 4) is 0 Å². The van der Waals surface area contributed by atoms with Gasteiger partial charge in [0.25, 0.3) is 0 Å². The van der Waals surface area contributed by atoms with Crippen molar-refractivity contribution in [2.24, 2.45) is 11.8 Å². The highest BCUT2D eigenvalue weighted by molar-refractivity contribution is 5.91. The average molecular weight is 254 g/mol. The second-order valence-electron chi connectivity index (χ2n) is 5.07. The van der Waals surface area contributed by atoms with Crippen LogP contribution in [0.15, 0.2) is 12.2 Å². The maximum absolute atomic E-state index is 11.4. The third kappa shape index (κ3) is 4.90. The summed E-state index contributed by atoms with van der Waals surface area (Å²) in [6.07, 6.45) is 6.26. The van der Waals surface area contributed by atoms with Gasteiger partial charge < -0.3 is 9.47 Å². The summed E-state index contributed by atoms with van der Waals surface area (Å²) in [7, 11) is 1.27. The Labute approximate surface area is 108 Å². The molecule has 1 aliphatic rings. The number of rotatable bonds is 4. The third-order valence-corrected chi connectivity index (χ3v) is 3.50. The van der Waals surface area contributed by atoms with Crippen LogP contribution in [0.25, 0.3) is 0 Å². The number of methoxy groups -OCH3 is 1. The fraction of sp³-hybridized carbons (Fsp3) is 0.714. The Morgan fingerprint density at radius 3 is 2.11 bits per heavy atom. The van der Waals surface area contributed by atoms with Crippen molar-refractivity contribution in [2.75, 3.05) is 7.11 Å². The van der Waals surface area contributed by atoms with E-state index in [-0.39, 0.29) is 6.10 Å². The Hall–Kier alpha value is -1.32. The van der Waals surface area contributed by atoms with E-state index in [4.69, 9.17) is 4.74 Å². The smallest absolute Gasteiger partial charge is 0.331 e. The fourth-order valence-electron chi connectivity index (χ4n) is 2.28.